The predicted molar refractivity (Wildman–Crippen MR) is 82.1 cm³/mol. The number of nitrogens with one attached hydrogen (secondary N) is 1. The molecule has 0 fully saturated rings. The molecule has 0 radical (unpaired) electrons. The summed E-state index contributed by atoms with van der Waals surface area (Å²) in [4.78, 5) is 12.2. The SMILES string of the molecule is CCC(Nc1ccc(C(=O)O)c(Br)c1)c1cccs1. The maximum atomic E-state index is 10.9. The van der Waals surface area contributed by atoms with Crippen LogP contribution < -0.4 is 5.32 Å². The number of hydrogen-bond acceptors (Lipinski definition) is 3. The molecule has 1 heterocycles. The van der Waals surface area contributed by atoms with Crippen LogP contribution in [0.2, 0.25) is 0 Å². The third-order valence-electron chi connectivity index (χ3n) is 2.84. The lowest BCUT2D eigenvalue weighted by molar-refractivity contribution is 0.0696. The maximum absolute atomic E-state index is 10.9. The van der Waals surface area contributed by atoms with E-state index in [4.69, 9.17) is 5.11 Å². The molecule has 2 rings (SSSR count). The number of carbonyl (C=O) groups is 1. The zero-order valence-corrected chi connectivity index (χ0v) is 12.8. The Bertz CT molecular complexity index is 569. The van der Waals surface area contributed by atoms with Crippen molar-refractivity contribution in [1.82, 2.24) is 0 Å². The van der Waals surface area contributed by atoms with Crippen molar-refractivity contribution in [2.45, 2.75) is 19.4 Å². The molecular formula is C14H14BrNO2S. The highest BCUT2D eigenvalue weighted by Crippen LogP contribution is 2.28. The van der Waals surface area contributed by atoms with Gasteiger partial charge in [0, 0.05) is 15.0 Å². The van der Waals surface area contributed by atoms with E-state index in [1.165, 1.54) is 4.88 Å². The van der Waals surface area contributed by atoms with Gasteiger partial charge in [-0.1, -0.05) is 13.0 Å². The van der Waals surface area contributed by atoms with E-state index in [1.54, 1.807) is 29.5 Å². The fourth-order valence-electron chi connectivity index (χ4n) is 1.84. The molecule has 0 amide bonds. The van der Waals surface area contributed by atoms with E-state index in [9.17, 15) is 4.79 Å². The number of halogens is 1. The van der Waals surface area contributed by atoms with Gasteiger partial charge in [-0.25, -0.2) is 4.79 Å². The molecule has 2 aromatic rings. The predicted octanol–water partition coefficient (Wildman–Crippen LogP) is 4.77. The Morgan fingerprint density at radius 3 is 2.79 bits per heavy atom. The number of carboxylic acids is 1. The third kappa shape index (κ3) is 3.36. The zero-order valence-electron chi connectivity index (χ0n) is 10.4. The molecule has 3 nitrogen and oxygen atoms in total. The molecule has 1 unspecified atom stereocenters. The molecule has 5 heteroatoms. The van der Waals surface area contributed by atoms with Gasteiger partial charge >= 0.3 is 5.97 Å². The first kappa shape index (κ1) is 14.1. The Labute approximate surface area is 124 Å². The summed E-state index contributed by atoms with van der Waals surface area (Å²) >= 11 is 5.01. The molecule has 1 atom stereocenters. The second-order valence-electron chi connectivity index (χ2n) is 4.12. The second kappa shape index (κ2) is 6.21. The molecule has 0 spiro atoms. The van der Waals surface area contributed by atoms with Crippen molar-refractivity contribution in [3.63, 3.8) is 0 Å². The average molecular weight is 340 g/mol. The van der Waals surface area contributed by atoms with Gasteiger partial charge in [0.25, 0.3) is 0 Å². The van der Waals surface area contributed by atoms with Crippen molar-refractivity contribution in [2.24, 2.45) is 0 Å². The van der Waals surface area contributed by atoms with Crippen LogP contribution in [0.25, 0.3) is 0 Å². The Kier molecular flexibility index (Phi) is 4.61. The molecular weight excluding hydrogens is 326 g/mol. The number of anilines is 1. The van der Waals surface area contributed by atoms with Gasteiger partial charge in [0.1, 0.15) is 0 Å². The lowest BCUT2D eigenvalue weighted by Crippen LogP contribution is -2.08. The number of hydrogen-bond donors (Lipinski definition) is 2. The summed E-state index contributed by atoms with van der Waals surface area (Å²) in [5, 5.41) is 14.5. The minimum absolute atomic E-state index is 0.252. The summed E-state index contributed by atoms with van der Waals surface area (Å²) in [7, 11) is 0. The lowest BCUT2D eigenvalue weighted by atomic mass is 10.1. The summed E-state index contributed by atoms with van der Waals surface area (Å²) in [5.41, 5.74) is 1.19. The normalized spacial score (nSPS) is 12.1. The summed E-state index contributed by atoms with van der Waals surface area (Å²) < 4.78 is 0.589. The van der Waals surface area contributed by atoms with Crippen LogP contribution in [-0.2, 0) is 0 Å². The van der Waals surface area contributed by atoms with Crippen molar-refractivity contribution >= 4 is 38.9 Å². The largest absolute Gasteiger partial charge is 0.478 e. The first-order valence-corrected chi connectivity index (χ1v) is 7.62. The summed E-state index contributed by atoms with van der Waals surface area (Å²) in [6.45, 7) is 2.12. The van der Waals surface area contributed by atoms with E-state index in [0.717, 1.165) is 12.1 Å². The highest BCUT2D eigenvalue weighted by atomic mass is 79.9. The minimum atomic E-state index is -0.927. The molecule has 0 aliphatic heterocycles. The third-order valence-corrected chi connectivity index (χ3v) is 4.48. The fourth-order valence-corrected chi connectivity index (χ4v) is 3.25. The lowest BCUT2D eigenvalue weighted by Gasteiger charge is -2.17. The van der Waals surface area contributed by atoms with Crippen molar-refractivity contribution in [2.75, 3.05) is 5.32 Å². The number of aromatic carboxylic acids is 1. The number of carboxylic acid groups (broad SMARTS) is 1. The quantitative estimate of drug-likeness (QED) is 0.824. The van der Waals surface area contributed by atoms with E-state index >= 15 is 0 Å². The maximum Gasteiger partial charge on any atom is 0.336 e. The monoisotopic (exact) mass is 339 g/mol. The van der Waals surface area contributed by atoms with E-state index in [2.05, 4.69) is 39.6 Å². The molecule has 1 aromatic heterocycles. The molecule has 0 saturated carbocycles. The van der Waals surface area contributed by atoms with Crippen LogP contribution in [0.1, 0.15) is 34.6 Å². The summed E-state index contributed by atoms with van der Waals surface area (Å²) in [5.74, 6) is -0.927. The van der Waals surface area contributed by atoms with Gasteiger partial charge in [-0.15, -0.1) is 11.3 Å². The van der Waals surface area contributed by atoms with Gasteiger partial charge in [0.15, 0.2) is 0 Å². The van der Waals surface area contributed by atoms with E-state index in [-0.39, 0.29) is 11.6 Å². The van der Waals surface area contributed by atoms with Gasteiger partial charge in [0.2, 0.25) is 0 Å². The number of thiophene rings is 1. The van der Waals surface area contributed by atoms with Crippen molar-refractivity contribution < 1.29 is 9.90 Å². The minimum Gasteiger partial charge on any atom is -0.478 e. The first-order valence-electron chi connectivity index (χ1n) is 5.94. The van der Waals surface area contributed by atoms with Crippen molar-refractivity contribution in [3.05, 3.63) is 50.6 Å². The van der Waals surface area contributed by atoms with Crippen molar-refractivity contribution in [3.8, 4) is 0 Å². The second-order valence-corrected chi connectivity index (χ2v) is 5.95. The number of benzene rings is 1. The zero-order chi connectivity index (χ0) is 13.8. The van der Waals surface area contributed by atoms with Crippen LogP contribution in [0.15, 0.2) is 40.2 Å². The molecule has 100 valence electrons. The Balaban J connectivity index is 2.19. The average Bonchev–Trinajstić information content (AvgIpc) is 2.89. The Hall–Kier alpha value is -1.33. The Morgan fingerprint density at radius 2 is 2.26 bits per heavy atom. The smallest absolute Gasteiger partial charge is 0.336 e. The van der Waals surface area contributed by atoms with E-state index in [1.807, 2.05) is 6.07 Å². The highest BCUT2D eigenvalue weighted by Gasteiger charge is 2.12. The standard InChI is InChI=1S/C14H14BrNO2S/c1-2-12(13-4-3-7-19-13)16-9-5-6-10(14(17)18)11(15)8-9/h3-8,12,16H,2H2,1H3,(H,17,18). The van der Waals surface area contributed by atoms with Gasteiger partial charge in [0.05, 0.1) is 11.6 Å². The molecule has 0 aliphatic rings. The van der Waals surface area contributed by atoms with Gasteiger partial charge in [-0.05, 0) is 52.0 Å². The molecule has 19 heavy (non-hydrogen) atoms. The van der Waals surface area contributed by atoms with Gasteiger partial charge < -0.3 is 10.4 Å². The van der Waals surface area contributed by atoms with Gasteiger partial charge in [-0.2, -0.15) is 0 Å². The fraction of sp³-hybridized carbons (Fsp3) is 0.214. The highest BCUT2D eigenvalue weighted by molar-refractivity contribution is 9.10. The summed E-state index contributed by atoms with van der Waals surface area (Å²) in [6.07, 6.45) is 0.971. The molecule has 2 N–H and O–H groups in total. The molecule has 1 aromatic carbocycles. The topological polar surface area (TPSA) is 49.3 Å². The summed E-state index contributed by atoms with van der Waals surface area (Å²) in [6, 6.07) is 9.60. The van der Waals surface area contributed by atoms with Crippen LogP contribution in [0.3, 0.4) is 0 Å². The van der Waals surface area contributed by atoms with Crippen LogP contribution >= 0.6 is 27.3 Å². The van der Waals surface area contributed by atoms with Crippen LogP contribution in [-0.4, -0.2) is 11.1 Å². The van der Waals surface area contributed by atoms with Crippen LogP contribution in [0, 0.1) is 0 Å². The molecule has 0 saturated heterocycles. The van der Waals surface area contributed by atoms with Gasteiger partial charge in [-0.3, -0.25) is 0 Å². The molecule has 0 bridgehead atoms. The molecule has 0 aliphatic carbocycles. The first-order chi connectivity index (χ1) is 9.11. The van der Waals surface area contributed by atoms with Crippen LogP contribution in [0.5, 0.6) is 0 Å². The Morgan fingerprint density at radius 1 is 1.47 bits per heavy atom. The van der Waals surface area contributed by atoms with Crippen molar-refractivity contribution in [1.29, 1.82) is 0 Å². The van der Waals surface area contributed by atoms with E-state index in [0.29, 0.717) is 4.47 Å². The van der Waals surface area contributed by atoms with Crippen LogP contribution in [0.4, 0.5) is 5.69 Å². The van der Waals surface area contributed by atoms with E-state index < -0.39 is 5.97 Å². The number of rotatable bonds is 5.